The fourth-order valence-corrected chi connectivity index (χ4v) is 3.03. The van der Waals surface area contributed by atoms with E-state index in [1.54, 1.807) is 0 Å². The maximum Gasteiger partial charge on any atom is 0.113 e. The van der Waals surface area contributed by atoms with Crippen molar-refractivity contribution < 1.29 is 0 Å². The smallest absolute Gasteiger partial charge is 0.113 e. The number of nitrogens with one attached hydrogen (secondary N) is 1. The Morgan fingerprint density at radius 1 is 1.14 bits per heavy atom. The van der Waals surface area contributed by atoms with Crippen molar-refractivity contribution in [2.75, 3.05) is 0 Å². The monoisotopic (exact) mass is 203 g/mol. The van der Waals surface area contributed by atoms with Gasteiger partial charge in [-0.1, -0.05) is 17.4 Å². The zero-order valence-electron chi connectivity index (χ0n) is 7.38. The number of hydrogen-bond acceptors (Lipinski definition) is 2. The van der Waals surface area contributed by atoms with Crippen LogP contribution in [0.4, 0.5) is 0 Å². The SMILES string of the molecule is C1=C[SH](c2ccc3[nH]nnc3c2)C=C1. The molecule has 0 amide bonds. The molecular weight excluding hydrogens is 194 g/mol. The van der Waals surface area contributed by atoms with Gasteiger partial charge in [0.2, 0.25) is 0 Å². The van der Waals surface area contributed by atoms with Crippen molar-refractivity contribution in [1.29, 1.82) is 0 Å². The Kier molecular flexibility index (Phi) is 1.67. The largest absolute Gasteiger partial charge is 0.258 e. The van der Waals surface area contributed by atoms with Crippen molar-refractivity contribution >= 4 is 21.9 Å². The lowest BCUT2D eigenvalue weighted by molar-refractivity contribution is 0.959. The molecule has 0 fully saturated rings. The first kappa shape index (κ1) is 7.82. The lowest BCUT2D eigenvalue weighted by atomic mass is 10.3. The second-order valence-electron chi connectivity index (χ2n) is 3.10. The van der Waals surface area contributed by atoms with E-state index in [0.717, 1.165) is 11.0 Å². The maximum atomic E-state index is 4.01. The molecule has 1 aliphatic heterocycles. The van der Waals surface area contributed by atoms with E-state index in [1.165, 1.54) is 4.90 Å². The molecule has 0 saturated carbocycles. The van der Waals surface area contributed by atoms with Crippen molar-refractivity contribution in [3.05, 3.63) is 41.2 Å². The third-order valence-corrected chi connectivity index (χ3v) is 4.07. The number of aromatic amines is 1. The summed E-state index contributed by atoms with van der Waals surface area (Å²) in [6.07, 6.45) is 4.19. The van der Waals surface area contributed by atoms with Gasteiger partial charge in [0, 0.05) is 0 Å². The van der Waals surface area contributed by atoms with Gasteiger partial charge >= 0.3 is 0 Å². The van der Waals surface area contributed by atoms with Crippen LogP contribution in [-0.2, 0) is 0 Å². The van der Waals surface area contributed by atoms with E-state index in [1.807, 2.05) is 6.07 Å². The fourth-order valence-electron chi connectivity index (χ4n) is 1.50. The lowest BCUT2D eigenvalue weighted by Crippen LogP contribution is -1.75. The first-order valence-corrected chi connectivity index (χ1v) is 5.86. The van der Waals surface area contributed by atoms with Crippen molar-refractivity contribution in [2.24, 2.45) is 0 Å². The highest BCUT2D eigenvalue weighted by Crippen LogP contribution is 2.42. The average molecular weight is 203 g/mol. The number of allylic oxidation sites excluding steroid dienone is 2. The van der Waals surface area contributed by atoms with E-state index in [2.05, 4.69) is 50.5 Å². The molecule has 0 aliphatic carbocycles. The quantitative estimate of drug-likeness (QED) is 0.698. The van der Waals surface area contributed by atoms with Gasteiger partial charge in [0.15, 0.2) is 0 Å². The van der Waals surface area contributed by atoms with Gasteiger partial charge in [0.1, 0.15) is 5.52 Å². The molecule has 1 aliphatic rings. The van der Waals surface area contributed by atoms with Gasteiger partial charge in [0.25, 0.3) is 0 Å². The molecular formula is C10H9N3S. The molecule has 3 rings (SSSR count). The number of rotatable bonds is 1. The maximum absolute atomic E-state index is 4.01. The van der Waals surface area contributed by atoms with Crippen LogP contribution in [0.2, 0.25) is 0 Å². The standard InChI is InChI=1S/C10H9N3S/c1-2-6-14(5-1)8-3-4-9-10(7-8)12-13-11-9/h1-7,14H,(H,11,12,13). The van der Waals surface area contributed by atoms with E-state index in [4.69, 9.17) is 0 Å². The summed E-state index contributed by atoms with van der Waals surface area (Å²) in [5, 5.41) is 15.1. The van der Waals surface area contributed by atoms with Crippen molar-refractivity contribution in [3.8, 4) is 0 Å². The van der Waals surface area contributed by atoms with E-state index in [-0.39, 0.29) is 10.9 Å². The van der Waals surface area contributed by atoms with Crippen LogP contribution < -0.4 is 0 Å². The third-order valence-electron chi connectivity index (χ3n) is 2.21. The molecule has 0 spiro atoms. The van der Waals surface area contributed by atoms with Crippen LogP contribution in [0.5, 0.6) is 0 Å². The van der Waals surface area contributed by atoms with Crippen molar-refractivity contribution in [3.63, 3.8) is 0 Å². The molecule has 0 bridgehead atoms. The first-order valence-electron chi connectivity index (χ1n) is 4.38. The van der Waals surface area contributed by atoms with Crippen LogP contribution in [0.15, 0.2) is 46.1 Å². The normalized spacial score (nSPS) is 17.0. The van der Waals surface area contributed by atoms with Crippen LogP contribution in [0, 0.1) is 0 Å². The molecule has 4 heteroatoms. The molecule has 0 unspecified atom stereocenters. The Balaban J connectivity index is 2.13. The number of benzene rings is 1. The minimum atomic E-state index is -0.237. The molecule has 0 radical (unpaired) electrons. The molecule has 14 heavy (non-hydrogen) atoms. The summed E-state index contributed by atoms with van der Waals surface area (Å²) in [7, 11) is -0.237. The molecule has 0 atom stereocenters. The summed E-state index contributed by atoms with van der Waals surface area (Å²) in [5.74, 6) is 0. The zero-order chi connectivity index (χ0) is 9.38. The summed E-state index contributed by atoms with van der Waals surface area (Å²) in [6.45, 7) is 0. The summed E-state index contributed by atoms with van der Waals surface area (Å²) in [5.41, 5.74) is 1.94. The number of thiol groups is 1. The molecule has 0 saturated heterocycles. The third kappa shape index (κ3) is 1.15. The van der Waals surface area contributed by atoms with Gasteiger partial charge in [-0.3, -0.25) is 5.10 Å². The number of fused-ring (bicyclic) bond motifs is 1. The number of hydrogen-bond donors (Lipinski definition) is 2. The molecule has 1 aromatic carbocycles. The van der Waals surface area contributed by atoms with E-state index >= 15 is 0 Å². The average Bonchev–Trinajstić information content (AvgIpc) is 2.88. The minimum absolute atomic E-state index is 0.237. The Morgan fingerprint density at radius 2 is 2.00 bits per heavy atom. The highest BCUT2D eigenvalue weighted by molar-refractivity contribution is 8.22. The first-order chi connectivity index (χ1) is 6.93. The van der Waals surface area contributed by atoms with Gasteiger partial charge in [0.05, 0.1) is 5.52 Å². The Bertz CT molecular complexity index is 515. The van der Waals surface area contributed by atoms with Crippen molar-refractivity contribution in [2.45, 2.75) is 4.90 Å². The minimum Gasteiger partial charge on any atom is -0.258 e. The highest BCUT2D eigenvalue weighted by atomic mass is 32.2. The number of nitrogens with zero attached hydrogens (tertiary/aromatic N) is 2. The van der Waals surface area contributed by atoms with Crippen LogP contribution >= 0.6 is 10.9 Å². The van der Waals surface area contributed by atoms with Crippen LogP contribution in [0.1, 0.15) is 0 Å². The number of aromatic nitrogens is 3. The molecule has 70 valence electrons. The summed E-state index contributed by atoms with van der Waals surface area (Å²) in [6, 6.07) is 6.27. The second-order valence-corrected chi connectivity index (χ2v) is 5.03. The molecule has 3 nitrogen and oxygen atoms in total. The van der Waals surface area contributed by atoms with E-state index < -0.39 is 0 Å². The summed E-state index contributed by atoms with van der Waals surface area (Å²) >= 11 is 0. The molecule has 1 aromatic heterocycles. The van der Waals surface area contributed by atoms with Crippen LogP contribution in [0.3, 0.4) is 0 Å². The number of H-pyrrole nitrogens is 1. The van der Waals surface area contributed by atoms with Gasteiger partial charge in [-0.05, 0) is 33.9 Å². The predicted octanol–water partition coefficient (Wildman–Crippen LogP) is 2.36. The van der Waals surface area contributed by atoms with Gasteiger partial charge in [-0.15, -0.1) is 5.10 Å². The van der Waals surface area contributed by atoms with Gasteiger partial charge < -0.3 is 0 Å². The lowest BCUT2D eigenvalue weighted by Gasteiger charge is -2.09. The molecule has 1 N–H and O–H groups in total. The van der Waals surface area contributed by atoms with Gasteiger partial charge in [-0.2, -0.15) is 10.9 Å². The van der Waals surface area contributed by atoms with Crippen LogP contribution in [-0.4, -0.2) is 15.4 Å². The van der Waals surface area contributed by atoms with Crippen molar-refractivity contribution in [1.82, 2.24) is 15.4 Å². The highest BCUT2D eigenvalue weighted by Gasteiger charge is 2.05. The predicted molar refractivity (Wildman–Crippen MR) is 59.4 cm³/mol. The van der Waals surface area contributed by atoms with Crippen LogP contribution in [0.25, 0.3) is 11.0 Å². The summed E-state index contributed by atoms with van der Waals surface area (Å²) in [4.78, 5) is 1.33. The Hall–Kier alpha value is -1.55. The molecule has 2 heterocycles. The Labute approximate surface area is 83.9 Å². The Morgan fingerprint density at radius 3 is 2.86 bits per heavy atom. The van der Waals surface area contributed by atoms with E-state index in [0.29, 0.717) is 0 Å². The van der Waals surface area contributed by atoms with E-state index in [9.17, 15) is 0 Å². The topological polar surface area (TPSA) is 41.6 Å². The second kappa shape index (κ2) is 2.99. The van der Waals surface area contributed by atoms with Gasteiger partial charge in [-0.25, -0.2) is 0 Å². The fraction of sp³-hybridized carbons (Fsp3) is 0. The summed E-state index contributed by atoms with van der Waals surface area (Å²) < 4.78 is 0. The molecule has 2 aromatic rings. The zero-order valence-corrected chi connectivity index (χ0v) is 8.28.